The SMILES string of the molecule is C=CC(=CCO)COC(N)=O. The fraction of sp³-hybridized carbons (Fsp3) is 0.286. The van der Waals surface area contributed by atoms with Crippen LogP contribution in [-0.2, 0) is 4.74 Å². The number of aliphatic hydroxyl groups is 1. The van der Waals surface area contributed by atoms with Crippen molar-refractivity contribution in [2.24, 2.45) is 5.73 Å². The van der Waals surface area contributed by atoms with Gasteiger partial charge in [-0.25, -0.2) is 4.79 Å². The summed E-state index contributed by atoms with van der Waals surface area (Å²) in [6.07, 6.45) is 2.13. The first kappa shape index (κ1) is 9.71. The van der Waals surface area contributed by atoms with Crippen LogP contribution in [0, 0.1) is 0 Å². The lowest BCUT2D eigenvalue weighted by Crippen LogP contribution is -2.14. The summed E-state index contributed by atoms with van der Waals surface area (Å²) in [6.45, 7) is 3.39. The molecule has 11 heavy (non-hydrogen) atoms. The van der Waals surface area contributed by atoms with Gasteiger partial charge in [0.25, 0.3) is 0 Å². The number of aliphatic hydroxyl groups excluding tert-OH is 1. The van der Waals surface area contributed by atoms with E-state index in [1.807, 2.05) is 0 Å². The maximum absolute atomic E-state index is 10.1. The van der Waals surface area contributed by atoms with Crippen molar-refractivity contribution >= 4 is 6.09 Å². The molecule has 4 nitrogen and oxygen atoms in total. The summed E-state index contributed by atoms with van der Waals surface area (Å²) in [7, 11) is 0. The number of rotatable bonds is 4. The molecule has 0 bridgehead atoms. The van der Waals surface area contributed by atoms with E-state index in [9.17, 15) is 4.79 Å². The summed E-state index contributed by atoms with van der Waals surface area (Å²) in [5, 5.41) is 8.44. The van der Waals surface area contributed by atoms with Crippen molar-refractivity contribution < 1.29 is 14.6 Å². The molecule has 0 saturated heterocycles. The lowest BCUT2D eigenvalue weighted by Gasteiger charge is -2.00. The van der Waals surface area contributed by atoms with E-state index in [0.29, 0.717) is 5.57 Å². The summed E-state index contributed by atoms with van der Waals surface area (Å²) in [5.74, 6) is 0. The van der Waals surface area contributed by atoms with Crippen LogP contribution in [0.15, 0.2) is 24.3 Å². The Kier molecular flexibility index (Phi) is 4.85. The highest BCUT2D eigenvalue weighted by molar-refractivity contribution is 5.64. The molecule has 0 unspecified atom stereocenters. The van der Waals surface area contributed by atoms with E-state index in [-0.39, 0.29) is 13.2 Å². The first-order valence-corrected chi connectivity index (χ1v) is 3.05. The van der Waals surface area contributed by atoms with Crippen molar-refractivity contribution in [3.8, 4) is 0 Å². The Morgan fingerprint density at radius 2 is 2.36 bits per heavy atom. The van der Waals surface area contributed by atoms with Crippen molar-refractivity contribution in [1.29, 1.82) is 0 Å². The molecule has 0 rings (SSSR count). The van der Waals surface area contributed by atoms with E-state index in [1.54, 1.807) is 0 Å². The zero-order valence-corrected chi connectivity index (χ0v) is 6.12. The Hall–Kier alpha value is -1.29. The molecule has 0 fully saturated rings. The largest absolute Gasteiger partial charge is 0.445 e. The zero-order valence-electron chi connectivity index (χ0n) is 6.12. The minimum atomic E-state index is -0.837. The van der Waals surface area contributed by atoms with Gasteiger partial charge < -0.3 is 15.6 Å². The van der Waals surface area contributed by atoms with Crippen molar-refractivity contribution in [1.82, 2.24) is 0 Å². The number of amides is 1. The Balaban J connectivity index is 3.79. The molecule has 0 aromatic carbocycles. The van der Waals surface area contributed by atoms with Gasteiger partial charge in [0.15, 0.2) is 0 Å². The van der Waals surface area contributed by atoms with Crippen molar-refractivity contribution in [3.05, 3.63) is 24.3 Å². The molecule has 0 spiro atoms. The van der Waals surface area contributed by atoms with Gasteiger partial charge in [0.1, 0.15) is 6.61 Å². The monoisotopic (exact) mass is 157 g/mol. The maximum Gasteiger partial charge on any atom is 0.404 e. The van der Waals surface area contributed by atoms with Crippen LogP contribution in [0.2, 0.25) is 0 Å². The van der Waals surface area contributed by atoms with E-state index in [2.05, 4.69) is 11.3 Å². The molecule has 0 aliphatic carbocycles. The number of carbonyl (C=O) groups is 1. The number of nitrogens with two attached hydrogens (primary N) is 1. The Labute approximate surface area is 65.0 Å². The molecular formula is C7H11NO3. The second-order valence-electron chi connectivity index (χ2n) is 1.77. The first-order valence-electron chi connectivity index (χ1n) is 3.05. The third-order valence-electron chi connectivity index (χ3n) is 0.997. The van der Waals surface area contributed by atoms with Gasteiger partial charge in [-0.1, -0.05) is 18.7 Å². The fourth-order valence-electron chi connectivity index (χ4n) is 0.473. The highest BCUT2D eigenvalue weighted by Crippen LogP contribution is 1.95. The van der Waals surface area contributed by atoms with Crippen LogP contribution in [-0.4, -0.2) is 24.4 Å². The molecule has 0 atom stereocenters. The normalized spacial score (nSPS) is 10.8. The van der Waals surface area contributed by atoms with Gasteiger partial charge in [-0.05, 0) is 5.57 Å². The number of ether oxygens (including phenoxy) is 1. The van der Waals surface area contributed by atoms with E-state index in [1.165, 1.54) is 12.2 Å². The Morgan fingerprint density at radius 1 is 1.73 bits per heavy atom. The average molecular weight is 157 g/mol. The Bertz CT molecular complexity index is 175. The third kappa shape index (κ3) is 5.17. The topological polar surface area (TPSA) is 72.6 Å². The van der Waals surface area contributed by atoms with Gasteiger partial charge in [-0.2, -0.15) is 0 Å². The van der Waals surface area contributed by atoms with E-state index in [0.717, 1.165) is 0 Å². The van der Waals surface area contributed by atoms with Crippen LogP contribution in [0.5, 0.6) is 0 Å². The summed E-state index contributed by atoms with van der Waals surface area (Å²) in [4.78, 5) is 10.1. The van der Waals surface area contributed by atoms with Crippen LogP contribution in [0.25, 0.3) is 0 Å². The van der Waals surface area contributed by atoms with E-state index in [4.69, 9.17) is 10.8 Å². The quantitative estimate of drug-likeness (QED) is 0.572. The number of hydrogen-bond acceptors (Lipinski definition) is 3. The van der Waals surface area contributed by atoms with Crippen LogP contribution >= 0.6 is 0 Å². The standard InChI is InChI=1S/C7H11NO3/c1-2-6(3-4-9)5-11-7(8)10/h2-3,9H,1,4-5H2,(H2,8,10). The maximum atomic E-state index is 10.1. The van der Waals surface area contributed by atoms with Crippen LogP contribution in [0.1, 0.15) is 0 Å². The predicted octanol–water partition coefficient (Wildman–Crippen LogP) is 0.186. The molecule has 3 N–H and O–H groups in total. The molecule has 0 aliphatic heterocycles. The lowest BCUT2D eigenvalue weighted by molar-refractivity contribution is 0.167. The number of carbonyl (C=O) groups excluding carboxylic acids is 1. The Morgan fingerprint density at radius 3 is 2.73 bits per heavy atom. The molecule has 0 aliphatic rings. The second kappa shape index (κ2) is 5.49. The van der Waals surface area contributed by atoms with Crippen molar-refractivity contribution in [3.63, 3.8) is 0 Å². The molecule has 0 radical (unpaired) electrons. The highest BCUT2D eigenvalue weighted by Gasteiger charge is 1.94. The predicted molar refractivity (Wildman–Crippen MR) is 40.9 cm³/mol. The van der Waals surface area contributed by atoms with Crippen LogP contribution in [0.3, 0.4) is 0 Å². The van der Waals surface area contributed by atoms with E-state index >= 15 is 0 Å². The van der Waals surface area contributed by atoms with Gasteiger partial charge in [-0.15, -0.1) is 0 Å². The molecular weight excluding hydrogens is 146 g/mol. The minimum absolute atomic E-state index is 0.0550. The zero-order chi connectivity index (χ0) is 8.69. The molecule has 0 heterocycles. The average Bonchev–Trinajstić information content (AvgIpc) is 1.97. The third-order valence-corrected chi connectivity index (χ3v) is 0.997. The highest BCUT2D eigenvalue weighted by atomic mass is 16.5. The number of primary amides is 1. The lowest BCUT2D eigenvalue weighted by atomic mass is 10.3. The molecule has 4 heteroatoms. The number of hydrogen-bond donors (Lipinski definition) is 2. The van der Waals surface area contributed by atoms with Crippen LogP contribution in [0.4, 0.5) is 4.79 Å². The van der Waals surface area contributed by atoms with E-state index < -0.39 is 6.09 Å². The summed E-state index contributed by atoms with van der Waals surface area (Å²) >= 11 is 0. The van der Waals surface area contributed by atoms with Gasteiger partial charge >= 0.3 is 6.09 Å². The van der Waals surface area contributed by atoms with Gasteiger partial charge in [-0.3, -0.25) is 0 Å². The summed E-state index contributed by atoms with van der Waals surface area (Å²) < 4.78 is 4.44. The smallest absolute Gasteiger partial charge is 0.404 e. The molecule has 0 aromatic rings. The fourth-order valence-corrected chi connectivity index (χ4v) is 0.473. The summed E-state index contributed by atoms with van der Waals surface area (Å²) in [5.41, 5.74) is 5.34. The second-order valence-corrected chi connectivity index (χ2v) is 1.77. The molecule has 0 aromatic heterocycles. The molecule has 0 saturated carbocycles. The van der Waals surface area contributed by atoms with Crippen LogP contribution < -0.4 is 5.73 Å². The van der Waals surface area contributed by atoms with Gasteiger partial charge in [0.2, 0.25) is 0 Å². The summed E-state index contributed by atoms with van der Waals surface area (Å²) in [6, 6.07) is 0. The van der Waals surface area contributed by atoms with Gasteiger partial charge in [0, 0.05) is 0 Å². The van der Waals surface area contributed by atoms with Crippen molar-refractivity contribution in [2.45, 2.75) is 0 Å². The minimum Gasteiger partial charge on any atom is -0.445 e. The van der Waals surface area contributed by atoms with Crippen molar-refractivity contribution in [2.75, 3.05) is 13.2 Å². The molecule has 62 valence electrons. The first-order chi connectivity index (χ1) is 5.20. The van der Waals surface area contributed by atoms with Gasteiger partial charge in [0.05, 0.1) is 6.61 Å². The molecule has 1 amide bonds.